The molecule has 4 heteroatoms. The normalized spacial score (nSPS) is 10.3. The number of Topliss-reactive ketones (excluding diaryl/α,β-unsaturated/α-hetero) is 1. The maximum atomic E-state index is 12.8. The van der Waals surface area contributed by atoms with Crippen LogP contribution in [0.5, 0.6) is 0 Å². The lowest BCUT2D eigenvalue weighted by Crippen LogP contribution is -2.09. The first kappa shape index (κ1) is 22.2. The first-order chi connectivity index (χ1) is 12.3. The molecule has 0 aliphatic carbocycles. The summed E-state index contributed by atoms with van der Waals surface area (Å²) in [5.74, 6) is 0.0342. The topological polar surface area (TPSA) is 39.1 Å². The molecule has 0 unspecified atom stereocenters. The third kappa shape index (κ3) is 5.07. The van der Waals surface area contributed by atoms with Gasteiger partial charge in [0.1, 0.15) is 0 Å². The Bertz CT molecular complexity index is 757. The maximum Gasteiger partial charge on any atom is 0.209 e. The minimum absolute atomic E-state index is 0.0840. The number of carbonyl (C=O) groups is 2. The molecule has 0 saturated heterocycles. The van der Waals surface area contributed by atoms with E-state index < -0.39 is 0 Å². The van der Waals surface area contributed by atoms with Crippen LogP contribution < -0.4 is 0 Å². The van der Waals surface area contributed by atoms with E-state index in [1.165, 1.54) is 6.42 Å². The lowest BCUT2D eigenvalue weighted by molar-refractivity contribution is 0.0978. The third-order valence-electron chi connectivity index (χ3n) is 4.29. The Morgan fingerprint density at radius 2 is 1.58 bits per heavy atom. The molecule has 0 amide bonds. The predicted molar refractivity (Wildman–Crippen MR) is 110 cm³/mol. The summed E-state index contributed by atoms with van der Waals surface area (Å²) in [4.78, 5) is 25.3. The zero-order valence-electron chi connectivity index (χ0n) is 16.8. The first-order valence-electron chi connectivity index (χ1n) is 9.29. The van der Waals surface area contributed by atoms with Crippen LogP contribution >= 0.6 is 11.6 Å². The van der Waals surface area contributed by atoms with Crippen LogP contribution in [0.1, 0.15) is 84.1 Å². The zero-order valence-corrected chi connectivity index (χ0v) is 17.5. The molecule has 0 radical (unpaired) electrons. The molecule has 1 heterocycles. The molecule has 142 valence electrons. The molecule has 1 aromatic carbocycles. The van der Waals surface area contributed by atoms with E-state index in [2.05, 4.69) is 20.8 Å². The molecule has 1 aromatic heterocycles. The van der Waals surface area contributed by atoms with Crippen LogP contribution in [0.4, 0.5) is 0 Å². The largest absolute Gasteiger partial charge is 0.344 e. The number of benzene rings is 1. The summed E-state index contributed by atoms with van der Waals surface area (Å²) in [6.45, 7) is 10.1. The summed E-state index contributed by atoms with van der Waals surface area (Å²) >= 11 is 5.88. The van der Waals surface area contributed by atoms with Gasteiger partial charge in [-0.15, -0.1) is 0 Å². The van der Waals surface area contributed by atoms with Crippen molar-refractivity contribution in [2.45, 2.75) is 60.3 Å². The Morgan fingerprint density at radius 1 is 1.04 bits per heavy atom. The lowest BCUT2D eigenvalue weighted by atomic mass is 9.99. The third-order valence-corrected chi connectivity index (χ3v) is 4.54. The Morgan fingerprint density at radius 3 is 2.08 bits per heavy atom. The Balaban J connectivity index is 0.00000105. The molecule has 0 N–H and O–H groups in total. The Labute approximate surface area is 162 Å². The van der Waals surface area contributed by atoms with Crippen molar-refractivity contribution in [3.05, 3.63) is 57.4 Å². The van der Waals surface area contributed by atoms with E-state index in [4.69, 9.17) is 11.6 Å². The van der Waals surface area contributed by atoms with E-state index in [1.54, 1.807) is 24.3 Å². The second-order valence-electron chi connectivity index (χ2n) is 6.56. The fourth-order valence-electron chi connectivity index (χ4n) is 2.91. The van der Waals surface area contributed by atoms with Gasteiger partial charge in [-0.3, -0.25) is 9.59 Å². The molecule has 26 heavy (non-hydrogen) atoms. The van der Waals surface area contributed by atoms with Crippen molar-refractivity contribution in [3.63, 3.8) is 0 Å². The number of aromatic nitrogens is 1. The van der Waals surface area contributed by atoms with Gasteiger partial charge in [-0.05, 0) is 50.1 Å². The van der Waals surface area contributed by atoms with E-state index in [0.717, 1.165) is 24.1 Å². The van der Waals surface area contributed by atoms with Crippen molar-refractivity contribution in [2.24, 2.45) is 7.05 Å². The van der Waals surface area contributed by atoms with Gasteiger partial charge in [-0.2, -0.15) is 0 Å². The highest BCUT2D eigenvalue weighted by Gasteiger charge is 2.25. The monoisotopic (exact) mass is 375 g/mol. The molecule has 0 fully saturated rings. The number of carbonyl (C=O) groups excluding carboxylic acids is 2. The quantitative estimate of drug-likeness (QED) is 0.554. The van der Waals surface area contributed by atoms with Crippen LogP contribution in [-0.2, 0) is 7.05 Å². The highest BCUT2D eigenvalue weighted by Crippen LogP contribution is 2.26. The number of halogens is 1. The Kier molecular flexibility index (Phi) is 8.80. The number of hydrogen-bond donors (Lipinski definition) is 0. The Hall–Kier alpha value is -1.87. The van der Waals surface area contributed by atoms with Gasteiger partial charge in [0.25, 0.3) is 0 Å². The molecule has 0 atom stereocenters. The van der Waals surface area contributed by atoms with Crippen molar-refractivity contribution < 1.29 is 9.59 Å². The van der Waals surface area contributed by atoms with Crippen LogP contribution in [0.15, 0.2) is 24.3 Å². The highest BCUT2D eigenvalue weighted by atomic mass is 35.5. The summed E-state index contributed by atoms with van der Waals surface area (Å²) < 4.78 is 1.82. The molecule has 2 aromatic rings. The first-order valence-corrected chi connectivity index (χ1v) is 9.67. The van der Waals surface area contributed by atoms with Gasteiger partial charge in [0.15, 0.2) is 5.78 Å². The fourth-order valence-corrected chi connectivity index (χ4v) is 3.04. The van der Waals surface area contributed by atoms with Gasteiger partial charge in [0.05, 0.1) is 5.69 Å². The number of hydrogen-bond acceptors (Lipinski definition) is 2. The summed E-state index contributed by atoms with van der Waals surface area (Å²) in [6.07, 6.45) is 3.62. The summed E-state index contributed by atoms with van der Waals surface area (Å²) in [5.41, 5.74) is 3.46. The van der Waals surface area contributed by atoms with E-state index in [9.17, 15) is 9.59 Å². The van der Waals surface area contributed by atoms with Crippen molar-refractivity contribution in [3.8, 4) is 0 Å². The number of nitrogens with zero attached hydrogens (tertiary/aromatic N) is 1. The number of rotatable bonds is 6. The lowest BCUT2D eigenvalue weighted by Gasteiger charge is -2.06. The SMILES string of the molecule is CCC.CCCCC(=O)c1c(C)c(C(=O)c2ccc(Cl)cc2)n(C)c1C. The van der Waals surface area contributed by atoms with Crippen molar-refractivity contribution in [1.29, 1.82) is 0 Å². The molecule has 0 bridgehead atoms. The van der Waals surface area contributed by atoms with Crippen molar-refractivity contribution in [2.75, 3.05) is 0 Å². The second-order valence-corrected chi connectivity index (χ2v) is 7.00. The smallest absolute Gasteiger partial charge is 0.209 e. The molecule has 0 spiro atoms. The summed E-state index contributed by atoms with van der Waals surface area (Å²) in [6, 6.07) is 6.83. The summed E-state index contributed by atoms with van der Waals surface area (Å²) in [7, 11) is 1.84. The molecular weight excluding hydrogens is 346 g/mol. The van der Waals surface area contributed by atoms with Gasteiger partial charge < -0.3 is 4.57 Å². The highest BCUT2D eigenvalue weighted by molar-refractivity contribution is 6.30. The molecule has 0 aliphatic rings. The van der Waals surface area contributed by atoms with Gasteiger partial charge in [0, 0.05) is 35.3 Å². The molecular formula is C22H30ClNO2. The van der Waals surface area contributed by atoms with Gasteiger partial charge in [0.2, 0.25) is 5.78 Å². The van der Waals surface area contributed by atoms with E-state index >= 15 is 0 Å². The predicted octanol–water partition coefficient (Wildman–Crippen LogP) is 6.32. The van der Waals surface area contributed by atoms with Crippen LogP contribution in [0.2, 0.25) is 5.02 Å². The molecule has 0 saturated carbocycles. The van der Waals surface area contributed by atoms with Crippen LogP contribution in [-0.4, -0.2) is 16.1 Å². The minimum atomic E-state index is -0.0840. The molecule has 3 nitrogen and oxygen atoms in total. The van der Waals surface area contributed by atoms with Gasteiger partial charge >= 0.3 is 0 Å². The average Bonchev–Trinajstić information content (AvgIpc) is 2.83. The fraction of sp³-hybridized carbons (Fsp3) is 0.455. The molecule has 2 rings (SSSR count). The standard InChI is InChI=1S/C19H22ClNO2.C3H8/c1-5-6-7-16(22)17-12(2)18(21(4)13(17)3)19(23)14-8-10-15(20)11-9-14;1-3-2/h8-11H,5-7H2,1-4H3;3H2,1-2H3. The minimum Gasteiger partial charge on any atom is -0.344 e. The number of ketones is 2. The van der Waals surface area contributed by atoms with E-state index in [0.29, 0.717) is 28.3 Å². The molecule has 0 aliphatic heterocycles. The van der Waals surface area contributed by atoms with E-state index in [1.807, 2.05) is 25.5 Å². The zero-order chi connectivity index (χ0) is 19.9. The maximum absolute atomic E-state index is 12.8. The summed E-state index contributed by atoms with van der Waals surface area (Å²) in [5, 5.41) is 0.594. The van der Waals surface area contributed by atoms with Crippen molar-refractivity contribution >= 4 is 23.2 Å². The van der Waals surface area contributed by atoms with Crippen LogP contribution in [0.3, 0.4) is 0 Å². The van der Waals surface area contributed by atoms with Crippen molar-refractivity contribution in [1.82, 2.24) is 4.57 Å². The van der Waals surface area contributed by atoms with E-state index in [-0.39, 0.29) is 11.6 Å². The van der Waals surface area contributed by atoms with Crippen LogP contribution in [0, 0.1) is 13.8 Å². The van der Waals surface area contributed by atoms with Gasteiger partial charge in [-0.1, -0.05) is 45.2 Å². The average molecular weight is 376 g/mol. The number of unbranched alkanes of at least 4 members (excludes halogenated alkanes) is 1. The van der Waals surface area contributed by atoms with Crippen LogP contribution in [0.25, 0.3) is 0 Å². The second kappa shape index (κ2) is 10.3. The van der Waals surface area contributed by atoms with Gasteiger partial charge in [-0.25, -0.2) is 0 Å².